The molecule has 1 aliphatic rings. The Hall–Kier alpha value is -0.890. The summed E-state index contributed by atoms with van der Waals surface area (Å²) >= 11 is 0. The molecule has 1 aromatic rings. The van der Waals surface area contributed by atoms with E-state index in [1.165, 1.54) is 5.56 Å². The minimum Gasteiger partial charge on any atom is -0.390 e. The van der Waals surface area contributed by atoms with Gasteiger partial charge in [-0.1, -0.05) is 30.3 Å². The highest BCUT2D eigenvalue weighted by Gasteiger charge is 2.43. The molecular weight excluding hydrogens is 167 g/mol. The summed E-state index contributed by atoms with van der Waals surface area (Å²) in [6.07, 6.45) is 0.167. The van der Waals surface area contributed by atoms with E-state index < -0.39 is 12.8 Å². The molecule has 0 amide bonds. The fourth-order valence-electron chi connectivity index (χ4n) is 1.84. The van der Waals surface area contributed by atoms with Crippen LogP contribution >= 0.6 is 0 Å². The summed E-state index contributed by atoms with van der Waals surface area (Å²) in [7, 11) is 0. The van der Waals surface area contributed by atoms with Crippen molar-refractivity contribution in [1.29, 1.82) is 0 Å². The Labute approximate surface area is 77.2 Å². The van der Waals surface area contributed by atoms with Crippen molar-refractivity contribution in [1.82, 2.24) is 0 Å². The molecule has 13 heavy (non-hydrogen) atoms. The average Bonchev–Trinajstić information content (AvgIpc) is 2.98. The van der Waals surface area contributed by atoms with Crippen LogP contribution in [-0.2, 0) is 0 Å². The third-order valence-corrected chi connectivity index (χ3v) is 2.72. The minimum absolute atomic E-state index is 0.146. The fourth-order valence-corrected chi connectivity index (χ4v) is 1.84. The summed E-state index contributed by atoms with van der Waals surface area (Å²) in [5.74, 6) is 0.527. The van der Waals surface area contributed by atoms with Crippen LogP contribution in [0.15, 0.2) is 30.3 Å². The number of halogens is 1. The van der Waals surface area contributed by atoms with Gasteiger partial charge in [0.15, 0.2) is 0 Å². The molecule has 1 aliphatic carbocycles. The van der Waals surface area contributed by atoms with Crippen LogP contribution < -0.4 is 0 Å². The molecule has 1 N–H and O–H groups in total. The Morgan fingerprint density at radius 2 is 2.08 bits per heavy atom. The molecule has 2 heteroatoms. The van der Waals surface area contributed by atoms with Crippen molar-refractivity contribution in [2.24, 2.45) is 5.92 Å². The molecule has 0 spiro atoms. The van der Waals surface area contributed by atoms with Gasteiger partial charge in [-0.15, -0.1) is 0 Å². The van der Waals surface area contributed by atoms with Crippen LogP contribution in [0.1, 0.15) is 17.9 Å². The molecule has 1 aromatic carbocycles. The van der Waals surface area contributed by atoms with Crippen molar-refractivity contribution in [3.05, 3.63) is 35.9 Å². The molecule has 0 aromatic heterocycles. The van der Waals surface area contributed by atoms with Gasteiger partial charge in [-0.3, -0.25) is 0 Å². The van der Waals surface area contributed by atoms with Gasteiger partial charge in [-0.25, -0.2) is 4.39 Å². The van der Waals surface area contributed by atoms with Gasteiger partial charge in [0, 0.05) is 0 Å². The van der Waals surface area contributed by atoms with E-state index in [2.05, 4.69) is 0 Å². The van der Waals surface area contributed by atoms with E-state index in [1.54, 1.807) is 0 Å². The van der Waals surface area contributed by atoms with Crippen molar-refractivity contribution in [3.63, 3.8) is 0 Å². The fraction of sp³-hybridized carbons (Fsp3) is 0.455. The van der Waals surface area contributed by atoms with E-state index in [4.69, 9.17) is 0 Å². The second-order valence-corrected chi connectivity index (χ2v) is 3.64. The lowest BCUT2D eigenvalue weighted by atomic mass is 10.1. The number of aliphatic hydroxyl groups excluding tert-OH is 1. The minimum atomic E-state index is -0.759. The van der Waals surface area contributed by atoms with Crippen molar-refractivity contribution < 1.29 is 9.50 Å². The molecule has 1 nitrogen and oxygen atoms in total. The van der Waals surface area contributed by atoms with Gasteiger partial charge in [-0.2, -0.15) is 0 Å². The highest BCUT2D eigenvalue weighted by atomic mass is 19.1. The van der Waals surface area contributed by atoms with Crippen LogP contribution in [0.25, 0.3) is 0 Å². The molecule has 0 radical (unpaired) electrons. The van der Waals surface area contributed by atoms with Crippen LogP contribution in [0.2, 0.25) is 0 Å². The summed E-state index contributed by atoms with van der Waals surface area (Å²) in [6, 6.07) is 10.00. The maximum Gasteiger partial charge on any atom is 0.116 e. The zero-order valence-electron chi connectivity index (χ0n) is 7.36. The molecule has 0 saturated heterocycles. The van der Waals surface area contributed by atoms with Crippen molar-refractivity contribution in [2.45, 2.75) is 18.4 Å². The van der Waals surface area contributed by atoms with E-state index >= 15 is 0 Å². The summed E-state index contributed by atoms with van der Waals surface area (Å²) in [6.45, 7) is -0.617. The van der Waals surface area contributed by atoms with Gasteiger partial charge in [0.05, 0.1) is 6.10 Å². The highest BCUT2D eigenvalue weighted by molar-refractivity contribution is 5.26. The molecule has 70 valence electrons. The van der Waals surface area contributed by atoms with E-state index in [9.17, 15) is 9.50 Å². The molecule has 3 atom stereocenters. The number of alkyl halides is 1. The predicted molar refractivity (Wildman–Crippen MR) is 49.3 cm³/mol. The maximum atomic E-state index is 12.1. The molecular formula is C11H13FO. The summed E-state index contributed by atoms with van der Waals surface area (Å²) in [5.41, 5.74) is 1.22. The first-order valence-electron chi connectivity index (χ1n) is 4.62. The van der Waals surface area contributed by atoms with Crippen molar-refractivity contribution >= 4 is 0 Å². The van der Waals surface area contributed by atoms with Crippen LogP contribution in [0.3, 0.4) is 0 Å². The van der Waals surface area contributed by atoms with Crippen LogP contribution in [-0.4, -0.2) is 17.9 Å². The average molecular weight is 180 g/mol. The first kappa shape index (κ1) is 8.70. The molecule has 1 saturated carbocycles. The lowest BCUT2D eigenvalue weighted by Crippen LogP contribution is -2.12. The number of aliphatic hydroxyl groups is 1. The first-order valence-corrected chi connectivity index (χ1v) is 4.62. The second-order valence-electron chi connectivity index (χ2n) is 3.64. The van der Waals surface area contributed by atoms with E-state index in [0.717, 1.165) is 6.42 Å². The SMILES string of the molecule is O[C@H](CF)[C@@H]1C[C@H]1c1ccccc1. The molecule has 0 unspecified atom stereocenters. The van der Waals surface area contributed by atoms with Gasteiger partial charge >= 0.3 is 0 Å². The Kier molecular flexibility index (Phi) is 2.32. The standard InChI is InChI=1S/C11H13FO/c12-7-11(13)10-6-9(10)8-4-2-1-3-5-8/h1-5,9-11,13H,6-7H2/t9-,10+,11+/m0/s1. The number of rotatable bonds is 3. The maximum absolute atomic E-state index is 12.1. The molecule has 1 fully saturated rings. The van der Waals surface area contributed by atoms with Crippen LogP contribution in [0, 0.1) is 5.92 Å². The summed E-state index contributed by atoms with van der Waals surface area (Å²) in [4.78, 5) is 0. The van der Waals surface area contributed by atoms with Crippen molar-refractivity contribution in [3.8, 4) is 0 Å². The van der Waals surface area contributed by atoms with Crippen LogP contribution in [0.5, 0.6) is 0 Å². The Morgan fingerprint density at radius 3 is 2.69 bits per heavy atom. The van der Waals surface area contributed by atoms with Gasteiger partial charge in [0.25, 0.3) is 0 Å². The molecule has 0 bridgehead atoms. The van der Waals surface area contributed by atoms with Gasteiger partial charge in [0.2, 0.25) is 0 Å². The zero-order chi connectivity index (χ0) is 9.26. The summed E-state index contributed by atoms with van der Waals surface area (Å²) in [5, 5.41) is 9.25. The highest BCUT2D eigenvalue weighted by Crippen LogP contribution is 2.49. The smallest absolute Gasteiger partial charge is 0.116 e. The number of hydrogen-bond donors (Lipinski definition) is 1. The lowest BCUT2D eigenvalue weighted by Gasteiger charge is -2.04. The zero-order valence-corrected chi connectivity index (χ0v) is 7.36. The van der Waals surface area contributed by atoms with E-state index in [0.29, 0.717) is 5.92 Å². The Bertz CT molecular complexity index is 273. The van der Waals surface area contributed by atoms with Crippen molar-refractivity contribution in [2.75, 3.05) is 6.67 Å². The van der Waals surface area contributed by atoms with Gasteiger partial charge < -0.3 is 5.11 Å². The third-order valence-electron chi connectivity index (χ3n) is 2.72. The topological polar surface area (TPSA) is 20.2 Å². The Morgan fingerprint density at radius 1 is 1.38 bits per heavy atom. The third kappa shape index (κ3) is 1.73. The number of benzene rings is 1. The molecule has 0 aliphatic heterocycles. The van der Waals surface area contributed by atoms with Gasteiger partial charge in [0.1, 0.15) is 6.67 Å². The predicted octanol–water partition coefficient (Wildman–Crippen LogP) is 2.12. The lowest BCUT2D eigenvalue weighted by molar-refractivity contribution is 0.117. The van der Waals surface area contributed by atoms with E-state index in [1.807, 2.05) is 30.3 Å². The molecule has 0 heterocycles. The molecule has 2 rings (SSSR count). The van der Waals surface area contributed by atoms with Gasteiger partial charge in [-0.05, 0) is 23.8 Å². The monoisotopic (exact) mass is 180 g/mol. The Balaban J connectivity index is 2.00. The van der Waals surface area contributed by atoms with Crippen LogP contribution in [0.4, 0.5) is 4.39 Å². The largest absolute Gasteiger partial charge is 0.390 e. The first-order chi connectivity index (χ1) is 6.33. The number of hydrogen-bond acceptors (Lipinski definition) is 1. The second kappa shape index (κ2) is 3.46. The normalized spacial score (nSPS) is 28.5. The quantitative estimate of drug-likeness (QED) is 0.755. The van der Waals surface area contributed by atoms with E-state index in [-0.39, 0.29) is 5.92 Å². The summed E-state index contributed by atoms with van der Waals surface area (Å²) < 4.78 is 12.1.